The second-order valence-electron chi connectivity index (χ2n) is 3.96. The number of hydrogen-bond acceptors (Lipinski definition) is 3. The van der Waals surface area contributed by atoms with Crippen molar-refractivity contribution in [2.24, 2.45) is 0 Å². The average molecular weight is 273 g/mol. The van der Waals surface area contributed by atoms with Crippen molar-refractivity contribution in [3.8, 4) is 0 Å². The van der Waals surface area contributed by atoms with Gasteiger partial charge in [0.05, 0.1) is 4.88 Å². The molecule has 0 bridgehead atoms. The van der Waals surface area contributed by atoms with Gasteiger partial charge in [-0.2, -0.15) is 0 Å². The molecule has 4 heteroatoms. The van der Waals surface area contributed by atoms with E-state index in [0.29, 0.717) is 0 Å². The molecule has 1 amide bonds. The van der Waals surface area contributed by atoms with Crippen molar-refractivity contribution in [1.29, 1.82) is 0 Å². The molecule has 0 radical (unpaired) electrons. The van der Waals surface area contributed by atoms with Crippen LogP contribution in [-0.2, 0) is 0 Å². The van der Waals surface area contributed by atoms with Crippen LogP contribution in [0.5, 0.6) is 0 Å². The summed E-state index contributed by atoms with van der Waals surface area (Å²) in [6.45, 7) is 0. The summed E-state index contributed by atoms with van der Waals surface area (Å²) >= 11 is 3.23. The van der Waals surface area contributed by atoms with Gasteiger partial charge in [-0.05, 0) is 29.6 Å². The summed E-state index contributed by atoms with van der Waals surface area (Å²) in [7, 11) is 1.81. The molecule has 18 heavy (non-hydrogen) atoms. The van der Waals surface area contributed by atoms with Crippen molar-refractivity contribution < 1.29 is 4.79 Å². The maximum absolute atomic E-state index is 12.4. The minimum atomic E-state index is 0.0506. The average Bonchev–Trinajstić information content (AvgIpc) is 2.99. The van der Waals surface area contributed by atoms with Crippen molar-refractivity contribution in [2.45, 2.75) is 0 Å². The molecule has 3 rings (SSSR count). The summed E-state index contributed by atoms with van der Waals surface area (Å²) in [6.07, 6.45) is 0. The first kappa shape index (κ1) is 11.4. The first-order valence-corrected chi connectivity index (χ1v) is 7.25. The summed E-state index contributed by atoms with van der Waals surface area (Å²) in [5, 5.41) is 2.05. The number of carbonyl (C=O) groups is 1. The summed E-state index contributed by atoms with van der Waals surface area (Å²) in [6, 6.07) is 13.7. The van der Waals surface area contributed by atoms with Gasteiger partial charge in [0.2, 0.25) is 0 Å². The lowest BCUT2D eigenvalue weighted by atomic mass is 10.3. The zero-order chi connectivity index (χ0) is 12.5. The largest absolute Gasteiger partial charge is 0.311 e. The second-order valence-corrected chi connectivity index (χ2v) is 5.99. The van der Waals surface area contributed by atoms with Crippen LogP contribution in [0.4, 0.5) is 5.69 Å². The highest BCUT2D eigenvalue weighted by atomic mass is 32.1. The number of benzene rings is 1. The van der Waals surface area contributed by atoms with Gasteiger partial charge in [-0.15, -0.1) is 22.7 Å². The van der Waals surface area contributed by atoms with E-state index >= 15 is 0 Å². The van der Waals surface area contributed by atoms with E-state index in [9.17, 15) is 4.79 Å². The fourth-order valence-corrected chi connectivity index (χ4v) is 3.89. The molecule has 2 nitrogen and oxygen atoms in total. The molecule has 2 aromatic heterocycles. The van der Waals surface area contributed by atoms with E-state index < -0.39 is 0 Å². The van der Waals surface area contributed by atoms with E-state index in [0.717, 1.165) is 10.6 Å². The van der Waals surface area contributed by atoms with E-state index in [2.05, 4.69) is 11.4 Å². The number of rotatable bonds is 2. The molecule has 0 N–H and O–H groups in total. The fraction of sp³-hybridized carbons (Fsp3) is 0.0714. The highest BCUT2D eigenvalue weighted by molar-refractivity contribution is 7.27. The molecule has 0 saturated carbocycles. The van der Waals surface area contributed by atoms with Gasteiger partial charge >= 0.3 is 0 Å². The lowest BCUT2D eigenvalue weighted by Gasteiger charge is -2.15. The molecule has 90 valence electrons. The minimum Gasteiger partial charge on any atom is -0.311 e. The molecular formula is C14H11NOS2. The van der Waals surface area contributed by atoms with Crippen LogP contribution in [0, 0.1) is 0 Å². The first-order chi connectivity index (χ1) is 8.75. The minimum absolute atomic E-state index is 0.0506. The standard InChI is InChI=1S/C14H11NOS2/c1-15(10-5-3-2-4-6-10)14(16)13-9-12-11(18-13)7-8-17-12/h2-9H,1H3. The Balaban J connectivity index is 1.93. The molecule has 0 aliphatic heterocycles. The molecule has 0 fully saturated rings. The summed E-state index contributed by atoms with van der Waals surface area (Å²) in [4.78, 5) is 14.8. The second kappa shape index (κ2) is 4.55. The Bertz CT molecular complexity index is 655. The molecule has 0 atom stereocenters. The predicted octanol–water partition coefficient (Wildman–Crippen LogP) is 4.24. The fourth-order valence-electron chi connectivity index (χ4n) is 1.81. The lowest BCUT2D eigenvalue weighted by molar-refractivity contribution is 0.0997. The van der Waals surface area contributed by atoms with Crippen LogP contribution >= 0.6 is 22.7 Å². The molecule has 0 spiro atoms. The Labute approximate surface area is 113 Å². The normalized spacial score (nSPS) is 10.7. The van der Waals surface area contributed by atoms with Crippen molar-refractivity contribution in [1.82, 2.24) is 0 Å². The van der Waals surface area contributed by atoms with Gasteiger partial charge in [0, 0.05) is 22.1 Å². The molecule has 3 aromatic rings. The third kappa shape index (κ3) is 1.94. The molecular weight excluding hydrogens is 262 g/mol. The van der Waals surface area contributed by atoms with Crippen LogP contribution in [0.25, 0.3) is 9.40 Å². The topological polar surface area (TPSA) is 20.3 Å². The maximum atomic E-state index is 12.4. The van der Waals surface area contributed by atoms with E-state index in [1.54, 1.807) is 27.6 Å². The summed E-state index contributed by atoms with van der Waals surface area (Å²) < 4.78 is 2.37. The smallest absolute Gasteiger partial charge is 0.268 e. The van der Waals surface area contributed by atoms with Gasteiger partial charge < -0.3 is 4.90 Å². The van der Waals surface area contributed by atoms with Crippen LogP contribution in [-0.4, -0.2) is 13.0 Å². The van der Waals surface area contributed by atoms with Crippen LogP contribution < -0.4 is 4.90 Å². The molecule has 0 unspecified atom stereocenters. The van der Waals surface area contributed by atoms with Gasteiger partial charge in [0.1, 0.15) is 0 Å². The van der Waals surface area contributed by atoms with Crippen LogP contribution in [0.15, 0.2) is 47.8 Å². The van der Waals surface area contributed by atoms with Crippen LogP contribution in [0.1, 0.15) is 9.67 Å². The number of para-hydroxylation sites is 1. The van der Waals surface area contributed by atoms with Crippen molar-refractivity contribution in [2.75, 3.05) is 11.9 Å². The zero-order valence-corrected chi connectivity index (χ0v) is 11.4. The summed E-state index contributed by atoms with van der Waals surface area (Å²) in [5.74, 6) is 0.0506. The third-order valence-corrected chi connectivity index (χ3v) is 4.88. The Morgan fingerprint density at radius 1 is 1.11 bits per heavy atom. The number of nitrogens with zero attached hydrogens (tertiary/aromatic N) is 1. The molecule has 0 saturated heterocycles. The lowest BCUT2D eigenvalue weighted by Crippen LogP contribution is -2.25. The van der Waals surface area contributed by atoms with Gasteiger partial charge in [0.25, 0.3) is 5.91 Å². The van der Waals surface area contributed by atoms with Gasteiger partial charge in [0.15, 0.2) is 0 Å². The number of carbonyl (C=O) groups excluding carboxylic acids is 1. The quantitative estimate of drug-likeness (QED) is 0.684. The number of hydrogen-bond donors (Lipinski definition) is 0. The van der Waals surface area contributed by atoms with Gasteiger partial charge in [-0.1, -0.05) is 18.2 Å². The molecule has 2 heterocycles. The Kier molecular flexibility index (Phi) is 2.89. The zero-order valence-electron chi connectivity index (χ0n) is 9.79. The molecule has 0 aliphatic carbocycles. The number of thiophene rings is 2. The SMILES string of the molecule is CN(C(=O)c1cc2sccc2s1)c1ccccc1. The molecule has 0 aliphatic rings. The highest BCUT2D eigenvalue weighted by Crippen LogP contribution is 2.31. The number of anilines is 1. The Hall–Kier alpha value is -1.65. The van der Waals surface area contributed by atoms with Crippen LogP contribution in [0.3, 0.4) is 0 Å². The van der Waals surface area contributed by atoms with Crippen LogP contribution in [0.2, 0.25) is 0 Å². The Morgan fingerprint density at radius 2 is 1.89 bits per heavy atom. The maximum Gasteiger partial charge on any atom is 0.268 e. The van der Waals surface area contributed by atoms with Gasteiger partial charge in [-0.3, -0.25) is 4.79 Å². The van der Waals surface area contributed by atoms with E-state index in [1.165, 1.54) is 9.40 Å². The predicted molar refractivity (Wildman–Crippen MR) is 78.9 cm³/mol. The van der Waals surface area contributed by atoms with Crippen molar-refractivity contribution in [3.63, 3.8) is 0 Å². The van der Waals surface area contributed by atoms with Crippen molar-refractivity contribution in [3.05, 3.63) is 52.7 Å². The highest BCUT2D eigenvalue weighted by Gasteiger charge is 2.16. The number of amides is 1. The van der Waals surface area contributed by atoms with E-state index in [4.69, 9.17) is 0 Å². The third-order valence-electron chi connectivity index (χ3n) is 2.80. The van der Waals surface area contributed by atoms with Gasteiger partial charge in [-0.25, -0.2) is 0 Å². The Morgan fingerprint density at radius 3 is 2.61 bits per heavy atom. The van der Waals surface area contributed by atoms with E-state index in [1.807, 2.05) is 43.4 Å². The summed E-state index contributed by atoms with van der Waals surface area (Å²) in [5.41, 5.74) is 0.916. The van der Waals surface area contributed by atoms with E-state index in [-0.39, 0.29) is 5.91 Å². The monoisotopic (exact) mass is 273 g/mol. The molecule has 1 aromatic carbocycles. The number of fused-ring (bicyclic) bond motifs is 1. The first-order valence-electron chi connectivity index (χ1n) is 5.56. The van der Waals surface area contributed by atoms with Crippen molar-refractivity contribution >= 4 is 43.7 Å².